The Morgan fingerprint density at radius 1 is 1.40 bits per heavy atom. The molecule has 2 rings (SSSR count). The molecule has 0 unspecified atom stereocenters. The smallest absolute Gasteiger partial charge is 0.190 e. The molecular formula is C9H18N2O4. The Kier molecular flexibility index (Phi) is 2.74. The van der Waals surface area contributed by atoms with Gasteiger partial charge < -0.3 is 30.8 Å². The lowest BCUT2D eigenvalue weighted by Crippen LogP contribution is -2.48. The topological polar surface area (TPSA) is 100.0 Å². The SMILES string of the molecule is CC1(C)O[C@H]2O[C@H]([C@@H](N)CN)[C@H](O)[C@H]2O1. The number of aliphatic hydroxyl groups excluding tert-OH is 1. The van der Waals surface area contributed by atoms with Crippen LogP contribution in [-0.4, -0.2) is 48.1 Å². The average Bonchev–Trinajstić information content (AvgIpc) is 2.60. The third kappa shape index (κ3) is 1.89. The van der Waals surface area contributed by atoms with Crippen LogP contribution >= 0.6 is 0 Å². The minimum absolute atomic E-state index is 0.255. The Morgan fingerprint density at radius 3 is 2.60 bits per heavy atom. The standard InChI is InChI=1S/C9H18N2O4/c1-9(2)14-7-5(12)6(4(11)3-10)13-8(7)15-9/h4-8,12H,3,10-11H2,1-2H3/t4-,5-,6+,7+,8+/m0/s1. The Labute approximate surface area is 88.5 Å². The zero-order valence-corrected chi connectivity index (χ0v) is 8.92. The third-order valence-corrected chi connectivity index (χ3v) is 2.75. The zero-order chi connectivity index (χ0) is 11.2. The summed E-state index contributed by atoms with van der Waals surface area (Å²) in [6.07, 6.45) is -2.31. The summed E-state index contributed by atoms with van der Waals surface area (Å²) >= 11 is 0. The van der Waals surface area contributed by atoms with Crippen LogP contribution in [0.1, 0.15) is 13.8 Å². The molecule has 5 atom stereocenters. The fraction of sp³-hybridized carbons (Fsp3) is 1.00. The van der Waals surface area contributed by atoms with E-state index < -0.39 is 36.4 Å². The van der Waals surface area contributed by atoms with E-state index in [4.69, 9.17) is 25.7 Å². The van der Waals surface area contributed by atoms with Gasteiger partial charge in [0.1, 0.15) is 18.3 Å². The van der Waals surface area contributed by atoms with Crippen LogP contribution in [0.5, 0.6) is 0 Å². The highest BCUT2D eigenvalue weighted by atomic mass is 16.8. The van der Waals surface area contributed by atoms with E-state index in [2.05, 4.69) is 0 Å². The molecule has 0 saturated carbocycles. The van der Waals surface area contributed by atoms with E-state index in [0.29, 0.717) is 0 Å². The summed E-state index contributed by atoms with van der Waals surface area (Å²) in [7, 11) is 0. The van der Waals surface area contributed by atoms with Crippen LogP contribution < -0.4 is 11.5 Å². The second-order valence-corrected chi connectivity index (χ2v) is 4.46. The van der Waals surface area contributed by atoms with E-state index in [9.17, 15) is 5.11 Å². The van der Waals surface area contributed by atoms with Crippen molar-refractivity contribution in [3.05, 3.63) is 0 Å². The fourth-order valence-corrected chi connectivity index (χ4v) is 2.00. The Bertz CT molecular complexity index is 248. The Balaban J connectivity index is 2.05. The van der Waals surface area contributed by atoms with Crippen molar-refractivity contribution in [1.82, 2.24) is 0 Å². The molecule has 6 nitrogen and oxygen atoms in total. The van der Waals surface area contributed by atoms with Gasteiger partial charge in [0.05, 0.1) is 0 Å². The lowest BCUT2D eigenvalue weighted by atomic mass is 10.0. The number of nitrogens with two attached hydrogens (primary N) is 2. The molecule has 0 spiro atoms. The summed E-state index contributed by atoms with van der Waals surface area (Å²) in [5, 5.41) is 9.93. The van der Waals surface area contributed by atoms with Crippen molar-refractivity contribution in [2.45, 2.75) is 50.3 Å². The minimum Gasteiger partial charge on any atom is -0.387 e. The van der Waals surface area contributed by atoms with Gasteiger partial charge in [-0.2, -0.15) is 0 Å². The third-order valence-electron chi connectivity index (χ3n) is 2.75. The van der Waals surface area contributed by atoms with E-state index in [0.717, 1.165) is 0 Å². The molecule has 5 N–H and O–H groups in total. The number of rotatable bonds is 2. The van der Waals surface area contributed by atoms with Gasteiger partial charge in [-0.05, 0) is 13.8 Å². The summed E-state index contributed by atoms with van der Waals surface area (Å²) in [4.78, 5) is 0. The zero-order valence-electron chi connectivity index (χ0n) is 8.92. The summed E-state index contributed by atoms with van der Waals surface area (Å²) < 4.78 is 16.5. The van der Waals surface area contributed by atoms with E-state index in [1.165, 1.54) is 0 Å². The fourth-order valence-electron chi connectivity index (χ4n) is 2.00. The van der Waals surface area contributed by atoms with Gasteiger partial charge in [0.25, 0.3) is 0 Å². The second-order valence-electron chi connectivity index (χ2n) is 4.46. The molecule has 2 aliphatic rings. The van der Waals surface area contributed by atoms with E-state index in [1.807, 2.05) is 0 Å². The number of aliphatic hydroxyl groups is 1. The van der Waals surface area contributed by atoms with Crippen LogP contribution in [0.25, 0.3) is 0 Å². The summed E-state index contributed by atoms with van der Waals surface area (Å²) in [6, 6.07) is -0.402. The summed E-state index contributed by atoms with van der Waals surface area (Å²) in [5.74, 6) is -0.714. The van der Waals surface area contributed by atoms with Gasteiger partial charge in [-0.1, -0.05) is 0 Å². The Morgan fingerprint density at radius 2 is 2.07 bits per heavy atom. The van der Waals surface area contributed by atoms with E-state index in [-0.39, 0.29) is 6.54 Å². The minimum atomic E-state index is -0.782. The van der Waals surface area contributed by atoms with E-state index in [1.54, 1.807) is 13.8 Å². The molecule has 2 heterocycles. The predicted molar refractivity (Wildman–Crippen MR) is 51.7 cm³/mol. The molecule has 2 fully saturated rings. The number of hydrogen-bond donors (Lipinski definition) is 3. The van der Waals surface area contributed by atoms with Gasteiger partial charge >= 0.3 is 0 Å². The monoisotopic (exact) mass is 218 g/mol. The quantitative estimate of drug-likeness (QED) is 0.522. The highest BCUT2D eigenvalue weighted by molar-refractivity contribution is 4.97. The normalized spacial score (nSPS) is 45.4. The molecule has 0 radical (unpaired) electrons. The van der Waals surface area contributed by atoms with Crippen LogP contribution in [0.3, 0.4) is 0 Å². The first kappa shape index (κ1) is 11.3. The summed E-state index contributed by atoms with van der Waals surface area (Å²) in [5.41, 5.74) is 11.1. The molecule has 15 heavy (non-hydrogen) atoms. The van der Waals surface area contributed by atoms with Crippen molar-refractivity contribution in [3.63, 3.8) is 0 Å². The van der Waals surface area contributed by atoms with Crippen molar-refractivity contribution in [2.75, 3.05) is 6.54 Å². The number of fused-ring (bicyclic) bond motifs is 1. The van der Waals surface area contributed by atoms with Crippen molar-refractivity contribution < 1.29 is 19.3 Å². The number of ether oxygens (including phenoxy) is 3. The van der Waals surface area contributed by atoms with Gasteiger partial charge in [0.15, 0.2) is 12.1 Å². The molecule has 0 amide bonds. The van der Waals surface area contributed by atoms with Crippen molar-refractivity contribution in [1.29, 1.82) is 0 Å². The maximum Gasteiger partial charge on any atom is 0.190 e. The number of hydrogen-bond acceptors (Lipinski definition) is 6. The highest BCUT2D eigenvalue weighted by Gasteiger charge is 2.55. The summed E-state index contributed by atoms with van der Waals surface area (Å²) in [6.45, 7) is 3.81. The average molecular weight is 218 g/mol. The van der Waals surface area contributed by atoms with Crippen LogP contribution in [0, 0.1) is 0 Å². The first-order chi connectivity index (χ1) is 6.94. The van der Waals surface area contributed by atoms with Crippen LogP contribution in [0.2, 0.25) is 0 Å². The van der Waals surface area contributed by atoms with Gasteiger partial charge in [0, 0.05) is 12.6 Å². The molecule has 2 aliphatic heterocycles. The largest absolute Gasteiger partial charge is 0.387 e. The molecular weight excluding hydrogens is 200 g/mol. The second kappa shape index (κ2) is 3.65. The maximum atomic E-state index is 9.93. The maximum absolute atomic E-state index is 9.93. The lowest BCUT2D eigenvalue weighted by molar-refractivity contribution is -0.216. The molecule has 88 valence electrons. The van der Waals surface area contributed by atoms with Crippen molar-refractivity contribution in [2.24, 2.45) is 11.5 Å². The Hall–Kier alpha value is -0.240. The van der Waals surface area contributed by atoms with Crippen LogP contribution in [0.15, 0.2) is 0 Å². The first-order valence-electron chi connectivity index (χ1n) is 5.09. The van der Waals surface area contributed by atoms with Gasteiger partial charge in [-0.3, -0.25) is 0 Å². The highest BCUT2D eigenvalue weighted by Crippen LogP contribution is 2.37. The lowest BCUT2D eigenvalue weighted by Gasteiger charge is -2.25. The molecule has 0 aromatic carbocycles. The van der Waals surface area contributed by atoms with Gasteiger partial charge in [-0.25, -0.2) is 0 Å². The first-order valence-corrected chi connectivity index (χ1v) is 5.09. The molecule has 0 aromatic rings. The van der Waals surface area contributed by atoms with Gasteiger partial charge in [0.2, 0.25) is 0 Å². The molecule has 0 aliphatic carbocycles. The molecule has 0 aromatic heterocycles. The van der Waals surface area contributed by atoms with Gasteiger partial charge in [-0.15, -0.1) is 0 Å². The molecule has 0 bridgehead atoms. The van der Waals surface area contributed by atoms with Crippen molar-refractivity contribution in [3.8, 4) is 0 Å². The van der Waals surface area contributed by atoms with Crippen LogP contribution in [0.4, 0.5) is 0 Å². The molecule has 6 heteroatoms. The van der Waals surface area contributed by atoms with Crippen LogP contribution in [-0.2, 0) is 14.2 Å². The van der Waals surface area contributed by atoms with E-state index >= 15 is 0 Å². The predicted octanol–water partition coefficient (Wildman–Crippen LogP) is -1.49. The molecule has 2 saturated heterocycles. The van der Waals surface area contributed by atoms with Crippen molar-refractivity contribution >= 4 is 0 Å².